The molecular formula is C8H11N3S. The summed E-state index contributed by atoms with van der Waals surface area (Å²) < 4.78 is 0.533. The molecule has 0 saturated carbocycles. The van der Waals surface area contributed by atoms with E-state index in [9.17, 15) is 0 Å². The van der Waals surface area contributed by atoms with Crippen LogP contribution in [0.25, 0.3) is 0 Å². The Labute approximate surface area is 76.0 Å². The fourth-order valence-electron chi connectivity index (χ4n) is 1.62. The van der Waals surface area contributed by atoms with Crippen LogP contribution in [0.15, 0.2) is 6.20 Å². The third kappa shape index (κ3) is 1.28. The quantitative estimate of drug-likeness (QED) is 0.596. The summed E-state index contributed by atoms with van der Waals surface area (Å²) in [5, 5.41) is 0. The van der Waals surface area contributed by atoms with Gasteiger partial charge in [-0.25, -0.2) is 4.98 Å². The van der Waals surface area contributed by atoms with Gasteiger partial charge < -0.3 is 10.7 Å². The first-order chi connectivity index (χ1) is 5.77. The van der Waals surface area contributed by atoms with Crippen LogP contribution in [0, 0.1) is 4.77 Å². The number of hydrogen-bond donors (Lipinski definition) is 2. The van der Waals surface area contributed by atoms with Crippen LogP contribution in [0.5, 0.6) is 0 Å². The maximum absolute atomic E-state index is 5.91. The van der Waals surface area contributed by atoms with E-state index in [-0.39, 0.29) is 6.04 Å². The molecule has 2 rings (SSSR count). The van der Waals surface area contributed by atoms with E-state index in [0.29, 0.717) is 4.77 Å². The molecule has 0 aromatic carbocycles. The first-order valence-electron chi connectivity index (χ1n) is 4.11. The van der Waals surface area contributed by atoms with Crippen molar-refractivity contribution < 1.29 is 0 Å². The van der Waals surface area contributed by atoms with E-state index in [4.69, 9.17) is 18.0 Å². The molecule has 1 aliphatic carbocycles. The molecule has 3 nitrogen and oxygen atoms in total. The van der Waals surface area contributed by atoms with Crippen LogP contribution in [-0.4, -0.2) is 9.97 Å². The summed E-state index contributed by atoms with van der Waals surface area (Å²) in [4.78, 5) is 7.09. The van der Waals surface area contributed by atoms with Gasteiger partial charge in [-0.1, -0.05) is 0 Å². The average Bonchev–Trinajstić information content (AvgIpc) is 2.07. The molecule has 1 aromatic heterocycles. The summed E-state index contributed by atoms with van der Waals surface area (Å²) in [6.45, 7) is 0. The minimum atomic E-state index is 0.124. The van der Waals surface area contributed by atoms with Crippen LogP contribution in [-0.2, 0) is 6.42 Å². The van der Waals surface area contributed by atoms with Gasteiger partial charge in [0.2, 0.25) is 0 Å². The van der Waals surface area contributed by atoms with Crippen LogP contribution < -0.4 is 5.73 Å². The highest BCUT2D eigenvalue weighted by atomic mass is 32.1. The molecule has 0 radical (unpaired) electrons. The standard InChI is InChI=1S/C8H11N3S/c9-6-3-1-2-5-4-10-8(12)11-7(5)6/h4,6H,1-3,9H2,(H,10,11,12). The smallest absolute Gasteiger partial charge is 0.197 e. The third-order valence-electron chi connectivity index (χ3n) is 2.26. The largest absolute Gasteiger partial charge is 0.333 e. The molecule has 12 heavy (non-hydrogen) atoms. The predicted molar refractivity (Wildman–Crippen MR) is 49.3 cm³/mol. The summed E-state index contributed by atoms with van der Waals surface area (Å²) in [6, 6.07) is 0.124. The van der Waals surface area contributed by atoms with Gasteiger partial charge in [-0.05, 0) is 37.0 Å². The molecule has 0 fully saturated rings. The van der Waals surface area contributed by atoms with Crippen LogP contribution in [0.3, 0.4) is 0 Å². The van der Waals surface area contributed by atoms with Crippen LogP contribution in [0.1, 0.15) is 30.1 Å². The number of fused-ring (bicyclic) bond motifs is 1. The van der Waals surface area contributed by atoms with E-state index < -0.39 is 0 Å². The Kier molecular flexibility index (Phi) is 1.94. The summed E-state index contributed by atoms with van der Waals surface area (Å²) in [7, 11) is 0. The molecule has 1 aromatic rings. The second-order valence-electron chi connectivity index (χ2n) is 3.13. The molecule has 1 aliphatic rings. The highest BCUT2D eigenvalue weighted by Crippen LogP contribution is 2.24. The Bertz CT molecular complexity index is 344. The van der Waals surface area contributed by atoms with Gasteiger partial charge in [-0.2, -0.15) is 0 Å². The van der Waals surface area contributed by atoms with Gasteiger partial charge in [0.25, 0.3) is 0 Å². The lowest BCUT2D eigenvalue weighted by molar-refractivity contribution is 0.550. The Hall–Kier alpha value is -0.740. The first kappa shape index (κ1) is 7.89. The monoisotopic (exact) mass is 181 g/mol. The lowest BCUT2D eigenvalue weighted by Gasteiger charge is -2.20. The third-order valence-corrected chi connectivity index (χ3v) is 2.46. The van der Waals surface area contributed by atoms with Crippen molar-refractivity contribution in [2.24, 2.45) is 5.73 Å². The molecule has 0 aliphatic heterocycles. The Morgan fingerprint density at radius 2 is 2.50 bits per heavy atom. The molecule has 1 atom stereocenters. The van der Waals surface area contributed by atoms with Gasteiger partial charge in [0, 0.05) is 17.9 Å². The fourth-order valence-corrected chi connectivity index (χ4v) is 1.78. The number of H-pyrrole nitrogens is 1. The van der Waals surface area contributed by atoms with Crippen molar-refractivity contribution >= 4 is 12.2 Å². The molecule has 3 N–H and O–H groups in total. The van der Waals surface area contributed by atoms with E-state index >= 15 is 0 Å². The van der Waals surface area contributed by atoms with Gasteiger partial charge in [-0.3, -0.25) is 0 Å². The van der Waals surface area contributed by atoms with E-state index in [2.05, 4.69) is 9.97 Å². The maximum Gasteiger partial charge on any atom is 0.197 e. The molecule has 0 bridgehead atoms. The van der Waals surface area contributed by atoms with E-state index in [0.717, 1.165) is 25.0 Å². The zero-order valence-electron chi connectivity index (χ0n) is 6.71. The minimum absolute atomic E-state index is 0.124. The Balaban J connectivity index is 2.54. The Morgan fingerprint density at radius 1 is 1.67 bits per heavy atom. The van der Waals surface area contributed by atoms with Crippen LogP contribution in [0.4, 0.5) is 0 Å². The highest BCUT2D eigenvalue weighted by molar-refractivity contribution is 7.71. The van der Waals surface area contributed by atoms with Crippen molar-refractivity contribution in [3.63, 3.8) is 0 Å². The normalized spacial score (nSPS) is 21.9. The topological polar surface area (TPSA) is 54.7 Å². The number of nitrogens with one attached hydrogen (secondary N) is 1. The first-order valence-corrected chi connectivity index (χ1v) is 4.52. The van der Waals surface area contributed by atoms with E-state index in [1.165, 1.54) is 5.56 Å². The maximum atomic E-state index is 5.91. The summed E-state index contributed by atoms with van der Waals surface area (Å²) in [6.07, 6.45) is 5.11. The number of rotatable bonds is 0. The van der Waals surface area contributed by atoms with Gasteiger partial charge in [0.15, 0.2) is 4.77 Å². The number of aromatic amines is 1. The summed E-state index contributed by atoms with van der Waals surface area (Å²) in [5.41, 5.74) is 8.22. The average molecular weight is 181 g/mol. The van der Waals surface area contributed by atoms with E-state index in [1.807, 2.05) is 6.20 Å². The van der Waals surface area contributed by atoms with Crippen molar-refractivity contribution in [2.75, 3.05) is 0 Å². The van der Waals surface area contributed by atoms with Gasteiger partial charge in [0.1, 0.15) is 0 Å². The molecule has 64 valence electrons. The van der Waals surface area contributed by atoms with Crippen molar-refractivity contribution in [3.05, 3.63) is 22.2 Å². The lowest BCUT2D eigenvalue weighted by Crippen LogP contribution is -2.19. The number of nitrogens with two attached hydrogens (primary N) is 1. The van der Waals surface area contributed by atoms with Gasteiger partial charge >= 0.3 is 0 Å². The molecule has 1 heterocycles. The predicted octanol–water partition coefficient (Wildman–Crippen LogP) is 1.48. The zero-order valence-corrected chi connectivity index (χ0v) is 7.53. The van der Waals surface area contributed by atoms with Gasteiger partial charge in [-0.15, -0.1) is 0 Å². The molecular weight excluding hydrogens is 170 g/mol. The van der Waals surface area contributed by atoms with Crippen LogP contribution in [0.2, 0.25) is 0 Å². The second-order valence-corrected chi connectivity index (χ2v) is 3.51. The highest BCUT2D eigenvalue weighted by Gasteiger charge is 2.16. The number of aromatic nitrogens is 2. The van der Waals surface area contributed by atoms with Crippen molar-refractivity contribution in [2.45, 2.75) is 25.3 Å². The fraction of sp³-hybridized carbons (Fsp3) is 0.500. The van der Waals surface area contributed by atoms with Crippen molar-refractivity contribution in [1.29, 1.82) is 0 Å². The summed E-state index contributed by atoms with van der Waals surface area (Å²) in [5.74, 6) is 0. The number of nitrogens with zero attached hydrogens (tertiary/aromatic N) is 1. The summed E-state index contributed by atoms with van der Waals surface area (Å²) >= 11 is 4.93. The minimum Gasteiger partial charge on any atom is -0.333 e. The van der Waals surface area contributed by atoms with Gasteiger partial charge in [0.05, 0.1) is 0 Å². The molecule has 0 saturated heterocycles. The zero-order chi connectivity index (χ0) is 8.55. The Morgan fingerprint density at radius 3 is 3.33 bits per heavy atom. The van der Waals surface area contributed by atoms with Crippen LogP contribution >= 0.6 is 12.2 Å². The number of aryl methyl sites for hydroxylation is 1. The number of hydrogen-bond acceptors (Lipinski definition) is 3. The lowest BCUT2D eigenvalue weighted by atomic mass is 9.94. The van der Waals surface area contributed by atoms with E-state index in [1.54, 1.807) is 0 Å². The SMILES string of the molecule is NC1CCCc2cnc(=S)[nH]c21. The second kappa shape index (κ2) is 2.95. The molecule has 1 unspecified atom stereocenters. The molecule has 0 spiro atoms. The van der Waals surface area contributed by atoms with Crippen molar-refractivity contribution in [3.8, 4) is 0 Å². The molecule has 0 amide bonds. The molecule has 4 heteroatoms. The van der Waals surface area contributed by atoms with Crippen molar-refractivity contribution in [1.82, 2.24) is 9.97 Å².